The summed E-state index contributed by atoms with van der Waals surface area (Å²) in [4.78, 5) is 0. The van der Waals surface area contributed by atoms with Crippen LogP contribution in [-0.4, -0.2) is 56.6 Å². The van der Waals surface area contributed by atoms with Crippen molar-refractivity contribution in [3.05, 3.63) is 0 Å². The van der Waals surface area contributed by atoms with Crippen LogP contribution in [0.25, 0.3) is 0 Å². The molecule has 0 aliphatic rings. The third-order valence-electron chi connectivity index (χ3n) is 0. The minimum atomic E-state index is -3.69. The molecule has 0 rings (SSSR count). The molecule has 0 unspecified atom stereocenters. The summed E-state index contributed by atoms with van der Waals surface area (Å²) in [6.07, 6.45) is 0. The molecule has 38 valence electrons. The van der Waals surface area contributed by atoms with Crippen LogP contribution >= 0.6 is 0 Å². The summed E-state index contributed by atoms with van der Waals surface area (Å²) in [6, 6.07) is 0. The Kier molecular flexibility index (Phi) is 51.7. The maximum atomic E-state index is 8.67. The molecule has 0 heterocycles. The van der Waals surface area contributed by atoms with Crippen molar-refractivity contribution >= 4 is 52.6 Å². The predicted octanol–water partition coefficient (Wildman–Crippen LogP) is -2.36. The van der Waals surface area contributed by atoms with Gasteiger partial charge in [-0.25, -0.2) is 0 Å². The standard InChI is InChI=1S/Gd.Mg.Na.H2O.2O.V.3H/h;;;1H2;;;;;;/q;;;;;;+1;;;/p-1. The molecule has 0 radical (unpaired) electrons. The molecule has 1 N–H and O–H groups in total. The van der Waals surface area contributed by atoms with Crippen molar-refractivity contribution in [1.82, 2.24) is 0 Å². The van der Waals surface area contributed by atoms with Gasteiger partial charge in [0.15, 0.2) is 0 Å². The molecular formula is H4GdMgNaO3V. The Bertz CT molecular complexity index is 63.3. The average molecular weight is 308 g/mol. The second-order valence-corrected chi connectivity index (χ2v) is 0.981. The van der Waals surface area contributed by atoms with E-state index in [1.807, 2.05) is 0 Å². The normalized spacial score (nSPS) is 3.57. The van der Waals surface area contributed by atoms with E-state index in [1.165, 1.54) is 0 Å². The van der Waals surface area contributed by atoms with Gasteiger partial charge in [0.2, 0.25) is 0 Å². The first-order valence-electron chi connectivity index (χ1n) is 0.565. The fraction of sp³-hybridized carbons (Fsp3) is 0. The van der Waals surface area contributed by atoms with Crippen molar-refractivity contribution in [2.24, 2.45) is 0 Å². The first-order valence-corrected chi connectivity index (χ1v) is 2.33. The fourth-order valence-corrected chi connectivity index (χ4v) is 0. The summed E-state index contributed by atoms with van der Waals surface area (Å²) in [5, 5.41) is 0. The van der Waals surface area contributed by atoms with Crippen LogP contribution < -0.4 is 0 Å². The second kappa shape index (κ2) is 16.1. The van der Waals surface area contributed by atoms with Gasteiger partial charge in [0.1, 0.15) is 0 Å². The Balaban J connectivity index is -0.0000000150. The summed E-state index contributed by atoms with van der Waals surface area (Å²) >= 11 is -3.69. The van der Waals surface area contributed by atoms with Crippen LogP contribution in [0.4, 0.5) is 0 Å². The summed E-state index contributed by atoms with van der Waals surface area (Å²) in [5.74, 6) is 0. The third kappa shape index (κ3) is 46.2. The van der Waals surface area contributed by atoms with Gasteiger partial charge in [-0.3, -0.25) is 0 Å². The molecule has 0 aromatic carbocycles. The monoisotopic (exact) mass is 308 g/mol. The Morgan fingerprint density at radius 2 is 1.29 bits per heavy atom. The number of hydrogen-bond donors (Lipinski definition) is 1. The van der Waals surface area contributed by atoms with Gasteiger partial charge in [0, 0.05) is 39.9 Å². The van der Waals surface area contributed by atoms with E-state index in [-0.39, 0.29) is 92.6 Å². The molecule has 7 heavy (non-hydrogen) atoms. The van der Waals surface area contributed by atoms with Gasteiger partial charge in [0.05, 0.1) is 0 Å². The molecule has 0 aromatic rings. The molecule has 0 aliphatic carbocycles. The third-order valence-corrected chi connectivity index (χ3v) is 0. The van der Waals surface area contributed by atoms with Gasteiger partial charge in [0.25, 0.3) is 0 Å². The van der Waals surface area contributed by atoms with Crippen molar-refractivity contribution in [2.45, 2.75) is 0 Å². The van der Waals surface area contributed by atoms with E-state index in [0.29, 0.717) is 0 Å². The molecule has 3 nitrogen and oxygen atoms in total. The molecule has 0 saturated heterocycles. The van der Waals surface area contributed by atoms with E-state index in [4.69, 9.17) is 11.4 Å². The summed E-state index contributed by atoms with van der Waals surface area (Å²) < 4.78 is 24.4. The van der Waals surface area contributed by atoms with Crippen molar-refractivity contribution in [2.75, 3.05) is 0 Å². The van der Waals surface area contributed by atoms with E-state index >= 15 is 0 Å². The number of hydrogen-bond acceptors (Lipinski definition) is 2. The van der Waals surface area contributed by atoms with E-state index < -0.39 is 15.4 Å². The van der Waals surface area contributed by atoms with Gasteiger partial charge < -0.3 is 0 Å². The van der Waals surface area contributed by atoms with E-state index in [2.05, 4.69) is 0 Å². The Labute approximate surface area is 116 Å². The van der Waals surface area contributed by atoms with Crippen molar-refractivity contribution in [1.29, 1.82) is 0 Å². The molecule has 0 amide bonds. The molecule has 0 aliphatic heterocycles. The van der Waals surface area contributed by atoms with Gasteiger partial charge >= 0.3 is 79.4 Å². The van der Waals surface area contributed by atoms with Crippen LogP contribution in [0.15, 0.2) is 0 Å². The van der Waals surface area contributed by atoms with Crippen molar-refractivity contribution in [3.8, 4) is 0 Å². The van der Waals surface area contributed by atoms with Crippen LogP contribution in [0.2, 0.25) is 0 Å². The van der Waals surface area contributed by atoms with Gasteiger partial charge in [-0.2, -0.15) is 0 Å². The van der Waals surface area contributed by atoms with Gasteiger partial charge in [-0.1, -0.05) is 0 Å². The molecular weight excluding hydrogens is 303 g/mol. The zero-order valence-electron chi connectivity index (χ0n) is 2.06. The summed E-state index contributed by atoms with van der Waals surface area (Å²) in [5.41, 5.74) is 0. The molecule has 0 saturated carbocycles. The van der Waals surface area contributed by atoms with Gasteiger partial charge in [-0.05, 0) is 0 Å². The predicted molar refractivity (Wildman–Crippen MR) is 19.3 cm³/mol. The fourth-order valence-electron chi connectivity index (χ4n) is 0. The van der Waals surface area contributed by atoms with Crippen LogP contribution in [-0.2, 0) is 22.7 Å². The Hall–Kier alpha value is 3.24. The SMILES string of the molecule is [Gd].[MgH2].[NaH].[O]=[V](=[O])[OH]. The topological polar surface area (TPSA) is 54.4 Å². The molecule has 0 atom stereocenters. The maximum absolute atomic E-state index is 8.67. The summed E-state index contributed by atoms with van der Waals surface area (Å²) in [6.45, 7) is 0. The van der Waals surface area contributed by atoms with E-state index in [9.17, 15) is 0 Å². The molecule has 0 spiro atoms. The Morgan fingerprint density at radius 3 is 1.29 bits per heavy atom. The van der Waals surface area contributed by atoms with Crippen molar-refractivity contribution < 1.29 is 66.7 Å². The zero-order valence-corrected chi connectivity index (χ0v) is 5.73. The summed E-state index contributed by atoms with van der Waals surface area (Å²) in [7, 11) is 0. The molecule has 0 aromatic heterocycles. The van der Waals surface area contributed by atoms with Crippen LogP contribution in [0.1, 0.15) is 0 Å². The zero-order chi connectivity index (χ0) is 3.58. The first kappa shape index (κ1) is 22.5. The minimum absolute atomic E-state index is 0. The quantitative estimate of drug-likeness (QED) is 0.509. The van der Waals surface area contributed by atoms with Crippen molar-refractivity contribution in [3.63, 3.8) is 0 Å². The van der Waals surface area contributed by atoms with Crippen LogP contribution in [0.3, 0.4) is 0 Å². The molecule has 0 fully saturated rings. The van der Waals surface area contributed by atoms with E-state index in [0.717, 1.165) is 0 Å². The van der Waals surface area contributed by atoms with Crippen LogP contribution in [0.5, 0.6) is 0 Å². The Morgan fingerprint density at radius 1 is 1.29 bits per heavy atom. The molecule has 0 bridgehead atoms. The van der Waals surface area contributed by atoms with E-state index in [1.54, 1.807) is 0 Å². The van der Waals surface area contributed by atoms with Gasteiger partial charge in [-0.15, -0.1) is 0 Å². The van der Waals surface area contributed by atoms with Crippen LogP contribution in [0, 0.1) is 39.9 Å². The molecule has 7 heteroatoms. The first-order chi connectivity index (χ1) is 1.73. The number of rotatable bonds is 0. The average Bonchev–Trinajstić information content (AvgIpc) is 0.811. The second-order valence-electron chi connectivity index (χ2n) is 0.238.